The highest BCUT2D eigenvalue weighted by molar-refractivity contribution is 5.92. The fourth-order valence-electron chi connectivity index (χ4n) is 7.96. The van der Waals surface area contributed by atoms with E-state index in [0.29, 0.717) is 25.0 Å². The third-order valence-electron chi connectivity index (χ3n) is 9.60. The van der Waals surface area contributed by atoms with Gasteiger partial charge in [0.05, 0.1) is 17.1 Å². The number of hydrogen-bond acceptors (Lipinski definition) is 5. The van der Waals surface area contributed by atoms with Crippen molar-refractivity contribution < 1.29 is 19.7 Å². The second kappa shape index (κ2) is 7.34. The number of aryl methyl sites for hydroxylation is 1. The molecule has 2 aromatic carbocycles. The average Bonchev–Trinajstić information content (AvgIpc) is 3.10. The first-order chi connectivity index (χ1) is 16.6. The van der Waals surface area contributed by atoms with Crippen molar-refractivity contribution in [3.63, 3.8) is 0 Å². The van der Waals surface area contributed by atoms with Gasteiger partial charge in [-0.15, -0.1) is 0 Å². The van der Waals surface area contributed by atoms with Crippen LogP contribution in [0.3, 0.4) is 0 Å². The zero-order valence-electron chi connectivity index (χ0n) is 20.9. The minimum Gasteiger partial charge on any atom is -0.504 e. The van der Waals surface area contributed by atoms with Gasteiger partial charge in [-0.1, -0.05) is 35.9 Å². The Kier molecular flexibility index (Phi) is 4.74. The Morgan fingerprint density at radius 2 is 2.06 bits per heavy atom. The summed E-state index contributed by atoms with van der Waals surface area (Å²) in [5.41, 5.74) is 1.70. The maximum absolute atomic E-state index is 13.4. The minimum absolute atomic E-state index is 0.0228. The van der Waals surface area contributed by atoms with Crippen LogP contribution in [0.15, 0.2) is 42.5 Å². The summed E-state index contributed by atoms with van der Waals surface area (Å²) < 4.78 is 6.71. The molecule has 6 rings (SSSR count). The molecule has 35 heavy (non-hydrogen) atoms. The molecule has 1 saturated carbocycles. The van der Waals surface area contributed by atoms with Crippen molar-refractivity contribution in [2.75, 3.05) is 20.6 Å². The number of rotatable bonds is 3. The van der Waals surface area contributed by atoms with E-state index in [-0.39, 0.29) is 23.7 Å². The number of amides is 1. The maximum atomic E-state index is 13.4. The third-order valence-corrected chi connectivity index (χ3v) is 9.60. The average molecular weight is 475 g/mol. The molecule has 2 aromatic rings. The number of likely N-dealkylation sites (tertiary alicyclic amines) is 1. The van der Waals surface area contributed by atoms with Gasteiger partial charge in [-0.2, -0.15) is 0 Å². The number of phenolic OH excluding ortho intramolecular Hbond substituents is 1. The highest BCUT2D eigenvalue weighted by Gasteiger charge is 2.77. The van der Waals surface area contributed by atoms with E-state index in [1.165, 1.54) is 0 Å². The summed E-state index contributed by atoms with van der Waals surface area (Å²) in [4.78, 5) is 17.5. The molecule has 2 fully saturated rings. The molecule has 2 aliphatic heterocycles. The second-order valence-corrected chi connectivity index (χ2v) is 11.2. The molecule has 2 aliphatic carbocycles. The molecule has 0 radical (unpaired) electrons. The molecule has 2 heterocycles. The number of benzene rings is 2. The number of phenols is 1. The molecule has 2 bridgehead atoms. The standard InChI is InChI=1S/C29H34N2O4/c1-18-6-5-7-19(16-18)8-11-24(33)31(4)22-12-13-29(34)23-17-20-9-10-21(32)26-25(20)28(29,14-15-30(23)3)27(22,2)35-26/h5-11,16,22-23,32,34H,12-15,17H2,1-4H3/t22-,23+,27-,28-,29?/m0/s1. The molecule has 6 heteroatoms. The van der Waals surface area contributed by atoms with Gasteiger partial charge in [0, 0.05) is 24.7 Å². The zero-order valence-corrected chi connectivity index (χ0v) is 20.9. The zero-order chi connectivity index (χ0) is 24.8. The van der Waals surface area contributed by atoms with Crippen LogP contribution in [-0.2, 0) is 16.6 Å². The molecule has 2 N–H and O–H groups in total. The van der Waals surface area contributed by atoms with Crippen molar-refractivity contribution in [1.82, 2.24) is 9.80 Å². The molecular formula is C29H34N2O4. The Hall–Kier alpha value is -2.83. The first-order valence-corrected chi connectivity index (χ1v) is 12.6. The van der Waals surface area contributed by atoms with E-state index >= 15 is 0 Å². The Balaban J connectivity index is 1.42. The number of nitrogens with zero attached hydrogens (tertiary/aromatic N) is 2. The largest absolute Gasteiger partial charge is 0.504 e. The summed E-state index contributed by atoms with van der Waals surface area (Å²) in [5.74, 6) is 0.513. The predicted octanol–water partition coefficient (Wildman–Crippen LogP) is 3.42. The lowest BCUT2D eigenvalue weighted by molar-refractivity contribution is -0.226. The van der Waals surface area contributed by atoms with E-state index in [1.807, 2.05) is 57.3 Å². The normalized spacial score (nSPS) is 35.0. The first-order valence-electron chi connectivity index (χ1n) is 12.6. The van der Waals surface area contributed by atoms with Gasteiger partial charge in [-0.25, -0.2) is 0 Å². The fraction of sp³-hybridized carbons (Fsp3) is 0.483. The Bertz CT molecular complexity index is 1260. The number of ether oxygens (including phenoxy) is 1. The maximum Gasteiger partial charge on any atom is 0.246 e. The molecule has 5 atom stereocenters. The van der Waals surface area contributed by atoms with Crippen molar-refractivity contribution in [3.8, 4) is 11.5 Å². The predicted molar refractivity (Wildman–Crippen MR) is 135 cm³/mol. The van der Waals surface area contributed by atoms with Crippen molar-refractivity contribution in [2.24, 2.45) is 0 Å². The first kappa shape index (κ1) is 22.6. The summed E-state index contributed by atoms with van der Waals surface area (Å²) in [5, 5.41) is 23.2. The highest BCUT2D eigenvalue weighted by Crippen LogP contribution is 2.69. The van der Waals surface area contributed by atoms with Gasteiger partial charge in [0.25, 0.3) is 0 Å². The second-order valence-electron chi connectivity index (χ2n) is 11.2. The van der Waals surface area contributed by atoms with Gasteiger partial charge in [-0.3, -0.25) is 4.79 Å². The fourth-order valence-corrected chi connectivity index (χ4v) is 7.96. The number of likely N-dealkylation sites (N-methyl/N-ethyl adjacent to an activating group) is 2. The molecule has 4 aliphatic rings. The van der Waals surface area contributed by atoms with Crippen molar-refractivity contribution in [1.29, 1.82) is 0 Å². The van der Waals surface area contributed by atoms with Gasteiger partial charge in [0.15, 0.2) is 11.5 Å². The quantitative estimate of drug-likeness (QED) is 0.667. The Morgan fingerprint density at radius 3 is 2.83 bits per heavy atom. The molecule has 6 nitrogen and oxygen atoms in total. The Morgan fingerprint density at radius 1 is 1.26 bits per heavy atom. The minimum atomic E-state index is -0.988. The molecule has 1 amide bonds. The summed E-state index contributed by atoms with van der Waals surface area (Å²) in [6.45, 7) is 4.91. The van der Waals surface area contributed by atoms with Crippen LogP contribution in [0.1, 0.15) is 48.4 Å². The van der Waals surface area contributed by atoms with Crippen LogP contribution in [0, 0.1) is 6.92 Å². The molecule has 0 aromatic heterocycles. The number of aliphatic hydroxyl groups is 1. The summed E-state index contributed by atoms with van der Waals surface area (Å²) >= 11 is 0. The van der Waals surface area contributed by atoms with Crippen molar-refractivity contribution in [2.45, 2.75) is 68.2 Å². The molecule has 184 valence electrons. The van der Waals surface area contributed by atoms with Gasteiger partial charge in [-0.05, 0) is 76.4 Å². The summed E-state index contributed by atoms with van der Waals surface area (Å²) in [6.07, 6.45) is 6.14. The number of aromatic hydroxyl groups is 1. The van der Waals surface area contributed by atoms with Crippen molar-refractivity contribution >= 4 is 12.0 Å². The monoisotopic (exact) mass is 474 g/mol. The highest BCUT2D eigenvalue weighted by atomic mass is 16.5. The smallest absolute Gasteiger partial charge is 0.246 e. The molecular weight excluding hydrogens is 440 g/mol. The van der Waals surface area contributed by atoms with E-state index in [0.717, 1.165) is 35.2 Å². The molecule has 1 unspecified atom stereocenters. The van der Waals surface area contributed by atoms with Crippen LogP contribution in [0.25, 0.3) is 6.08 Å². The lowest BCUT2D eigenvalue weighted by Crippen LogP contribution is -2.81. The van der Waals surface area contributed by atoms with Gasteiger partial charge in [0.1, 0.15) is 5.60 Å². The summed E-state index contributed by atoms with van der Waals surface area (Å²) in [6, 6.07) is 11.5. The van der Waals surface area contributed by atoms with Crippen LogP contribution >= 0.6 is 0 Å². The van der Waals surface area contributed by atoms with Crippen LogP contribution in [0.4, 0.5) is 0 Å². The van der Waals surface area contributed by atoms with Crippen LogP contribution in [0.5, 0.6) is 11.5 Å². The van der Waals surface area contributed by atoms with E-state index < -0.39 is 16.6 Å². The van der Waals surface area contributed by atoms with E-state index in [9.17, 15) is 15.0 Å². The van der Waals surface area contributed by atoms with Gasteiger partial charge >= 0.3 is 0 Å². The number of carbonyl (C=O) groups is 1. The van der Waals surface area contributed by atoms with Crippen LogP contribution in [-0.4, -0.2) is 69.8 Å². The third kappa shape index (κ3) is 2.75. The van der Waals surface area contributed by atoms with E-state index in [2.05, 4.69) is 11.9 Å². The van der Waals surface area contributed by atoms with Gasteiger partial charge < -0.3 is 24.7 Å². The lowest BCUT2D eigenvalue weighted by atomic mass is 9.44. The summed E-state index contributed by atoms with van der Waals surface area (Å²) in [7, 11) is 3.93. The molecule has 1 saturated heterocycles. The SMILES string of the molecule is Cc1cccc(C=CC(=O)N(C)[C@H]2CCC3(O)[C@H]4Cc5ccc(O)c6c5[C@@]3(CCN4C)[C@@]2(C)O6)c1. The number of carbonyl (C=O) groups excluding carboxylic acids is 1. The number of hydrogen-bond donors (Lipinski definition) is 2. The molecule has 1 spiro atoms. The Labute approximate surface area is 206 Å². The lowest BCUT2D eigenvalue weighted by Gasteiger charge is -2.67. The topological polar surface area (TPSA) is 73.2 Å². The van der Waals surface area contributed by atoms with Crippen LogP contribution in [0.2, 0.25) is 0 Å². The van der Waals surface area contributed by atoms with Crippen molar-refractivity contribution in [3.05, 3.63) is 64.7 Å². The van der Waals surface area contributed by atoms with Gasteiger partial charge in [0.2, 0.25) is 5.91 Å². The number of piperidine rings is 1. The van der Waals surface area contributed by atoms with E-state index in [1.54, 1.807) is 17.0 Å². The van der Waals surface area contributed by atoms with E-state index in [4.69, 9.17) is 4.74 Å². The van der Waals surface area contributed by atoms with Crippen LogP contribution < -0.4 is 4.74 Å².